The van der Waals surface area contributed by atoms with Gasteiger partial charge < -0.3 is 9.47 Å². The molecule has 136 valence electrons. The maximum absolute atomic E-state index is 12.9. The van der Waals surface area contributed by atoms with E-state index >= 15 is 0 Å². The predicted molar refractivity (Wildman–Crippen MR) is 90.0 cm³/mol. The van der Waals surface area contributed by atoms with Gasteiger partial charge in [-0.05, 0) is 18.2 Å². The Hall–Kier alpha value is -1.83. The Morgan fingerprint density at radius 3 is 2.50 bits per heavy atom. The summed E-state index contributed by atoms with van der Waals surface area (Å²) in [7, 11) is 0. The molecule has 0 aromatic heterocycles. The van der Waals surface area contributed by atoms with Crippen LogP contribution in [0.5, 0.6) is 0 Å². The number of carbonyl (C=O) groups excluding carboxylic acids is 1. The van der Waals surface area contributed by atoms with Crippen LogP contribution >= 0.6 is 11.8 Å². The van der Waals surface area contributed by atoms with Crippen LogP contribution in [0.4, 0.5) is 13.2 Å². The summed E-state index contributed by atoms with van der Waals surface area (Å²) in [6.45, 7) is 0.238. The monoisotopic (exact) mass is 380 g/mol. The van der Waals surface area contributed by atoms with Crippen molar-refractivity contribution in [3.63, 3.8) is 0 Å². The molecular formula is C19H15F3O3S. The molecule has 1 spiro atoms. The van der Waals surface area contributed by atoms with Crippen molar-refractivity contribution in [1.82, 2.24) is 0 Å². The highest BCUT2D eigenvalue weighted by atomic mass is 32.2. The van der Waals surface area contributed by atoms with E-state index in [1.54, 1.807) is 17.8 Å². The topological polar surface area (TPSA) is 35.5 Å². The van der Waals surface area contributed by atoms with E-state index in [2.05, 4.69) is 0 Å². The van der Waals surface area contributed by atoms with Crippen molar-refractivity contribution in [2.75, 3.05) is 19.0 Å². The zero-order valence-electron chi connectivity index (χ0n) is 13.6. The number of hydrogen-bond acceptors (Lipinski definition) is 4. The molecule has 4 rings (SSSR count). The third-order valence-electron chi connectivity index (χ3n) is 4.63. The molecular weight excluding hydrogens is 365 g/mol. The average molecular weight is 380 g/mol. The molecule has 0 aliphatic carbocycles. The van der Waals surface area contributed by atoms with Gasteiger partial charge in [0.15, 0.2) is 12.1 Å². The van der Waals surface area contributed by atoms with Crippen LogP contribution in [0.1, 0.15) is 27.8 Å². The van der Waals surface area contributed by atoms with E-state index in [-0.39, 0.29) is 19.0 Å². The number of benzene rings is 2. The molecule has 0 saturated carbocycles. The van der Waals surface area contributed by atoms with Crippen LogP contribution in [0.15, 0.2) is 53.4 Å². The SMILES string of the molecule is O=C1c2ccccc2SCC12COC(c1cccc(C(F)(F)F)c1)OC2. The number of alkyl halides is 3. The van der Waals surface area contributed by atoms with Crippen molar-refractivity contribution < 1.29 is 27.4 Å². The lowest BCUT2D eigenvalue weighted by Crippen LogP contribution is -2.48. The smallest absolute Gasteiger partial charge is 0.347 e. The Kier molecular flexibility index (Phi) is 4.33. The summed E-state index contributed by atoms with van der Waals surface area (Å²) in [4.78, 5) is 13.8. The standard InChI is InChI=1S/C19H15F3O3S/c20-19(21,22)13-5-3-4-12(8-13)17-24-9-18(10-25-17)11-26-15-7-2-1-6-14(15)16(18)23/h1-8,17H,9-11H2. The van der Waals surface area contributed by atoms with E-state index in [0.717, 1.165) is 17.0 Å². The zero-order chi connectivity index (χ0) is 18.4. The van der Waals surface area contributed by atoms with Gasteiger partial charge in [0.1, 0.15) is 0 Å². The highest BCUT2D eigenvalue weighted by Gasteiger charge is 2.47. The number of hydrogen-bond donors (Lipinski definition) is 0. The molecule has 0 N–H and O–H groups in total. The minimum Gasteiger partial charge on any atom is -0.347 e. The summed E-state index contributed by atoms with van der Waals surface area (Å²) < 4.78 is 50.0. The minimum absolute atomic E-state index is 0.0330. The van der Waals surface area contributed by atoms with Gasteiger partial charge in [-0.2, -0.15) is 13.2 Å². The molecule has 7 heteroatoms. The number of carbonyl (C=O) groups is 1. The molecule has 26 heavy (non-hydrogen) atoms. The van der Waals surface area contributed by atoms with Crippen molar-refractivity contribution in [2.45, 2.75) is 17.4 Å². The van der Waals surface area contributed by atoms with Gasteiger partial charge in [0.05, 0.1) is 24.2 Å². The quantitative estimate of drug-likeness (QED) is 0.717. The van der Waals surface area contributed by atoms with Crippen LogP contribution < -0.4 is 0 Å². The van der Waals surface area contributed by atoms with Gasteiger partial charge in [-0.3, -0.25) is 4.79 Å². The van der Waals surface area contributed by atoms with Crippen molar-refractivity contribution >= 4 is 17.5 Å². The first-order chi connectivity index (χ1) is 12.4. The van der Waals surface area contributed by atoms with Crippen LogP contribution in [-0.2, 0) is 15.7 Å². The third kappa shape index (κ3) is 3.04. The number of ether oxygens (including phenoxy) is 2. The fourth-order valence-corrected chi connectivity index (χ4v) is 4.40. The lowest BCUT2D eigenvalue weighted by atomic mass is 9.82. The highest BCUT2D eigenvalue weighted by Crippen LogP contribution is 2.44. The summed E-state index contributed by atoms with van der Waals surface area (Å²) in [5.74, 6) is 0.493. The predicted octanol–water partition coefficient (Wildman–Crippen LogP) is 4.73. The largest absolute Gasteiger partial charge is 0.416 e. The molecule has 0 unspecified atom stereocenters. The lowest BCUT2D eigenvalue weighted by molar-refractivity contribution is -0.217. The molecule has 2 aliphatic rings. The molecule has 2 aliphatic heterocycles. The minimum atomic E-state index is -4.43. The van der Waals surface area contributed by atoms with Gasteiger partial charge in [0.25, 0.3) is 0 Å². The van der Waals surface area contributed by atoms with E-state index in [1.807, 2.05) is 18.2 Å². The van der Waals surface area contributed by atoms with Crippen molar-refractivity contribution in [2.24, 2.45) is 5.41 Å². The zero-order valence-corrected chi connectivity index (χ0v) is 14.4. The third-order valence-corrected chi connectivity index (χ3v) is 5.99. The second kappa shape index (κ2) is 6.40. The Bertz CT molecular complexity index is 842. The maximum Gasteiger partial charge on any atom is 0.416 e. The molecule has 2 aromatic rings. The first-order valence-electron chi connectivity index (χ1n) is 8.06. The molecule has 0 atom stereocenters. The van der Waals surface area contributed by atoms with Crippen LogP contribution in [-0.4, -0.2) is 24.7 Å². The molecule has 1 saturated heterocycles. The van der Waals surface area contributed by atoms with Crippen LogP contribution in [0.2, 0.25) is 0 Å². The number of halogens is 3. The van der Waals surface area contributed by atoms with Gasteiger partial charge in [-0.25, -0.2) is 0 Å². The Balaban J connectivity index is 1.53. The van der Waals surface area contributed by atoms with Crippen molar-refractivity contribution in [3.8, 4) is 0 Å². The number of ketones is 1. The molecule has 2 aromatic carbocycles. The van der Waals surface area contributed by atoms with Crippen molar-refractivity contribution in [1.29, 1.82) is 0 Å². The molecule has 3 nitrogen and oxygen atoms in total. The fraction of sp³-hybridized carbons (Fsp3) is 0.316. The van der Waals surface area contributed by atoms with E-state index in [0.29, 0.717) is 16.9 Å². The summed E-state index contributed by atoms with van der Waals surface area (Å²) >= 11 is 1.57. The van der Waals surface area contributed by atoms with Gasteiger partial charge >= 0.3 is 6.18 Å². The second-order valence-electron chi connectivity index (χ2n) is 6.47. The first-order valence-corrected chi connectivity index (χ1v) is 9.05. The molecule has 0 radical (unpaired) electrons. The van der Waals surface area contributed by atoms with Gasteiger partial charge in [-0.1, -0.05) is 30.3 Å². The van der Waals surface area contributed by atoms with Crippen LogP contribution in [0.3, 0.4) is 0 Å². The van der Waals surface area contributed by atoms with Crippen LogP contribution in [0.25, 0.3) is 0 Å². The second-order valence-corrected chi connectivity index (χ2v) is 7.49. The number of fused-ring (bicyclic) bond motifs is 1. The van der Waals surface area contributed by atoms with E-state index < -0.39 is 23.4 Å². The van der Waals surface area contributed by atoms with Gasteiger partial charge in [-0.15, -0.1) is 11.8 Å². The Morgan fingerprint density at radius 1 is 1.04 bits per heavy atom. The Morgan fingerprint density at radius 2 is 1.77 bits per heavy atom. The molecule has 0 bridgehead atoms. The number of Topliss-reactive ketones (excluding diaryl/α,β-unsaturated/α-hetero) is 1. The summed E-state index contributed by atoms with van der Waals surface area (Å²) in [5, 5.41) is 0. The Labute approximate surface area is 152 Å². The average Bonchev–Trinajstić information content (AvgIpc) is 2.65. The first kappa shape index (κ1) is 17.6. The lowest BCUT2D eigenvalue weighted by Gasteiger charge is -2.41. The van der Waals surface area contributed by atoms with E-state index in [4.69, 9.17) is 9.47 Å². The fourth-order valence-electron chi connectivity index (χ4n) is 3.18. The molecule has 0 amide bonds. The van der Waals surface area contributed by atoms with Crippen LogP contribution in [0, 0.1) is 5.41 Å². The maximum atomic E-state index is 12.9. The number of rotatable bonds is 1. The van der Waals surface area contributed by atoms with E-state index in [1.165, 1.54) is 12.1 Å². The summed E-state index contributed by atoms with van der Waals surface area (Å²) in [6.07, 6.45) is -5.33. The molecule has 2 heterocycles. The molecule has 1 fully saturated rings. The summed E-state index contributed by atoms with van der Waals surface area (Å²) in [6, 6.07) is 12.3. The van der Waals surface area contributed by atoms with Gasteiger partial charge in [0, 0.05) is 21.8 Å². The number of thioether (sulfide) groups is 1. The highest BCUT2D eigenvalue weighted by molar-refractivity contribution is 7.99. The van der Waals surface area contributed by atoms with Gasteiger partial charge in [0.2, 0.25) is 0 Å². The van der Waals surface area contributed by atoms with Crippen molar-refractivity contribution in [3.05, 3.63) is 65.2 Å². The summed E-state index contributed by atoms with van der Waals surface area (Å²) in [5.41, 5.74) is -0.600. The normalized spacial score (nSPS) is 26.0. The van der Waals surface area contributed by atoms with E-state index in [9.17, 15) is 18.0 Å².